The molecule has 0 spiro atoms. The van der Waals surface area contributed by atoms with E-state index in [0.29, 0.717) is 40.8 Å². The number of nitrogens with zero attached hydrogens (tertiary/aromatic N) is 4. The van der Waals surface area contributed by atoms with Crippen LogP contribution < -0.4 is 10.1 Å². The molecule has 1 aliphatic rings. The number of carbonyl (C=O) groups is 1. The summed E-state index contributed by atoms with van der Waals surface area (Å²) in [5.74, 6) is 0.601. The van der Waals surface area contributed by atoms with Crippen molar-refractivity contribution < 1.29 is 19.4 Å². The lowest BCUT2D eigenvalue weighted by Gasteiger charge is -2.30. The second kappa shape index (κ2) is 13.7. The van der Waals surface area contributed by atoms with E-state index >= 15 is 0 Å². The van der Waals surface area contributed by atoms with Gasteiger partial charge < -0.3 is 19.9 Å². The number of azide groups is 1. The van der Waals surface area contributed by atoms with Crippen molar-refractivity contribution in [3.8, 4) is 5.75 Å². The van der Waals surface area contributed by atoms with Crippen LogP contribution in [0.25, 0.3) is 10.4 Å². The van der Waals surface area contributed by atoms with E-state index in [4.69, 9.17) is 36.7 Å². The molecule has 0 saturated carbocycles. The molecule has 0 aromatic heterocycles. The van der Waals surface area contributed by atoms with Crippen LogP contribution in [0.1, 0.15) is 41.2 Å². The van der Waals surface area contributed by atoms with E-state index < -0.39 is 11.6 Å². The van der Waals surface area contributed by atoms with Gasteiger partial charge in [0.2, 0.25) is 5.90 Å². The van der Waals surface area contributed by atoms with E-state index in [9.17, 15) is 4.79 Å². The number of hydrogen-bond acceptors (Lipinski definition) is 6. The molecular formula is C30H30ClN5O4. The SMILES string of the molecule is C=CC[C@@]1(C(=O)NCc2cccc(Cl)c2)N=C(c2ccc(OCCCO)cc2)O[C@@H]1c1ccccc1CN=[N+]=[N-]. The standard InChI is InChI=1S/C30H30ClN5O4/c1-2-15-30(29(38)33-19-21-7-5-9-24(31)18-21)27(26-10-4-3-8-23(26)20-34-36-32)40-28(35-30)22-11-13-25(14-12-22)39-17-6-16-37/h2-5,7-14,18,27,37H,1,6,15-17,19-20H2,(H,33,38)/t27-,30-/m1/s1. The van der Waals surface area contributed by atoms with Crippen LogP contribution in [0.3, 0.4) is 0 Å². The van der Waals surface area contributed by atoms with Gasteiger partial charge in [-0.05, 0) is 58.6 Å². The molecule has 0 fully saturated rings. The van der Waals surface area contributed by atoms with Gasteiger partial charge in [0.05, 0.1) is 13.2 Å². The first-order chi connectivity index (χ1) is 19.5. The van der Waals surface area contributed by atoms with Crippen molar-refractivity contribution in [1.82, 2.24) is 5.32 Å². The maximum absolute atomic E-state index is 14.0. The van der Waals surface area contributed by atoms with E-state index in [1.807, 2.05) is 48.5 Å². The Bertz CT molecular complexity index is 1420. The number of ether oxygens (including phenoxy) is 2. The molecule has 0 unspecified atom stereocenters. The zero-order chi connectivity index (χ0) is 28.4. The summed E-state index contributed by atoms with van der Waals surface area (Å²) in [6.45, 7) is 4.69. The average molecular weight is 560 g/mol. The van der Waals surface area contributed by atoms with Crippen LogP contribution in [0.4, 0.5) is 0 Å². The lowest BCUT2D eigenvalue weighted by Crippen LogP contribution is -2.48. The quantitative estimate of drug-likeness (QED) is 0.0866. The number of rotatable bonds is 13. The number of aliphatic hydroxyl groups excluding tert-OH is 1. The van der Waals surface area contributed by atoms with Gasteiger partial charge in [-0.1, -0.05) is 59.2 Å². The summed E-state index contributed by atoms with van der Waals surface area (Å²) in [6.07, 6.45) is 1.56. The largest absolute Gasteiger partial charge is 0.494 e. The van der Waals surface area contributed by atoms with E-state index in [1.54, 1.807) is 30.3 Å². The van der Waals surface area contributed by atoms with Crippen molar-refractivity contribution in [3.63, 3.8) is 0 Å². The van der Waals surface area contributed by atoms with Gasteiger partial charge in [0, 0.05) is 41.5 Å². The zero-order valence-electron chi connectivity index (χ0n) is 21.9. The summed E-state index contributed by atoms with van der Waals surface area (Å²) >= 11 is 6.14. The van der Waals surface area contributed by atoms with Crippen LogP contribution in [0.15, 0.2) is 95.6 Å². The Kier molecular flexibility index (Phi) is 9.81. The molecule has 3 aromatic rings. The summed E-state index contributed by atoms with van der Waals surface area (Å²) in [4.78, 5) is 21.8. The average Bonchev–Trinajstić information content (AvgIpc) is 3.36. The van der Waals surface area contributed by atoms with Gasteiger partial charge in [-0.2, -0.15) is 0 Å². The molecule has 1 amide bonds. The third kappa shape index (κ3) is 6.63. The Balaban J connectivity index is 1.72. The Hall–Kier alpha value is -4.30. The van der Waals surface area contributed by atoms with Crippen molar-refractivity contribution in [3.05, 3.63) is 123 Å². The van der Waals surface area contributed by atoms with Crippen molar-refractivity contribution in [1.29, 1.82) is 0 Å². The van der Waals surface area contributed by atoms with Gasteiger partial charge in [-0.3, -0.25) is 4.79 Å². The molecule has 4 rings (SSSR count). The fourth-order valence-corrected chi connectivity index (χ4v) is 4.75. The number of carbonyl (C=O) groups excluding carboxylic acids is 1. The van der Waals surface area contributed by atoms with E-state index in [1.165, 1.54) is 0 Å². The molecule has 2 N–H and O–H groups in total. The minimum Gasteiger partial charge on any atom is -0.494 e. The fourth-order valence-electron chi connectivity index (χ4n) is 4.54. The zero-order valence-corrected chi connectivity index (χ0v) is 22.6. The highest BCUT2D eigenvalue weighted by Crippen LogP contribution is 2.44. The van der Waals surface area contributed by atoms with Crippen LogP contribution in [0, 0.1) is 0 Å². The molecule has 0 saturated heterocycles. The maximum Gasteiger partial charge on any atom is 0.252 e. The van der Waals surface area contributed by atoms with Crippen molar-refractivity contribution in [2.75, 3.05) is 13.2 Å². The molecule has 0 aliphatic carbocycles. The number of aliphatic hydroxyl groups is 1. The monoisotopic (exact) mass is 559 g/mol. The van der Waals surface area contributed by atoms with Crippen LogP contribution in [-0.4, -0.2) is 35.7 Å². The Morgan fingerprint density at radius 1 is 1.23 bits per heavy atom. The van der Waals surface area contributed by atoms with E-state index in [2.05, 4.69) is 21.9 Å². The van der Waals surface area contributed by atoms with Crippen molar-refractivity contribution in [2.45, 2.75) is 37.6 Å². The minimum absolute atomic E-state index is 0.0516. The summed E-state index contributed by atoms with van der Waals surface area (Å²) in [6, 6.07) is 21.8. The number of hydrogen-bond donors (Lipinski definition) is 2. The van der Waals surface area contributed by atoms with Gasteiger partial charge in [0.1, 0.15) is 5.75 Å². The molecule has 0 bridgehead atoms. The van der Waals surface area contributed by atoms with Crippen LogP contribution in [0.5, 0.6) is 5.75 Å². The fraction of sp³-hybridized carbons (Fsp3) is 0.267. The molecule has 3 aromatic carbocycles. The number of amides is 1. The molecule has 0 radical (unpaired) electrons. The van der Waals surface area contributed by atoms with Gasteiger partial charge in [0.15, 0.2) is 11.6 Å². The third-order valence-corrected chi connectivity index (χ3v) is 6.70. The molecule has 1 aliphatic heterocycles. The van der Waals surface area contributed by atoms with Crippen LogP contribution in [-0.2, 0) is 22.6 Å². The number of aliphatic imine (C=N–C) groups is 1. The molecule has 9 nitrogen and oxygen atoms in total. The predicted molar refractivity (Wildman–Crippen MR) is 154 cm³/mol. The normalized spacial score (nSPS) is 17.8. The molecule has 206 valence electrons. The minimum atomic E-state index is -1.38. The van der Waals surface area contributed by atoms with E-state index in [0.717, 1.165) is 11.1 Å². The smallest absolute Gasteiger partial charge is 0.252 e. The highest BCUT2D eigenvalue weighted by atomic mass is 35.5. The number of benzene rings is 3. The Labute approximate surface area is 237 Å². The van der Waals surface area contributed by atoms with Crippen molar-refractivity contribution >= 4 is 23.4 Å². The topological polar surface area (TPSA) is 129 Å². The Morgan fingerprint density at radius 2 is 2.02 bits per heavy atom. The van der Waals surface area contributed by atoms with Gasteiger partial charge in [-0.25, -0.2) is 4.99 Å². The lowest BCUT2D eigenvalue weighted by atomic mass is 9.82. The second-order valence-electron chi connectivity index (χ2n) is 9.18. The molecule has 10 heteroatoms. The summed E-state index contributed by atoms with van der Waals surface area (Å²) in [7, 11) is 0. The first-order valence-electron chi connectivity index (χ1n) is 12.8. The Morgan fingerprint density at radius 3 is 2.75 bits per heavy atom. The number of nitrogens with one attached hydrogen (secondary N) is 1. The van der Waals surface area contributed by atoms with Crippen LogP contribution in [0.2, 0.25) is 5.02 Å². The highest BCUT2D eigenvalue weighted by Gasteiger charge is 2.52. The van der Waals surface area contributed by atoms with Crippen molar-refractivity contribution in [2.24, 2.45) is 10.1 Å². The highest BCUT2D eigenvalue weighted by molar-refractivity contribution is 6.30. The maximum atomic E-state index is 14.0. The van der Waals surface area contributed by atoms with Gasteiger partial charge in [0.25, 0.3) is 5.91 Å². The number of halogens is 1. The molecule has 40 heavy (non-hydrogen) atoms. The molecule has 1 heterocycles. The van der Waals surface area contributed by atoms with Crippen LogP contribution >= 0.6 is 11.6 Å². The predicted octanol–water partition coefficient (Wildman–Crippen LogP) is 6.06. The first kappa shape index (κ1) is 28.7. The lowest BCUT2D eigenvalue weighted by molar-refractivity contribution is -0.129. The summed E-state index contributed by atoms with van der Waals surface area (Å²) < 4.78 is 12.1. The third-order valence-electron chi connectivity index (χ3n) is 6.47. The van der Waals surface area contributed by atoms with Gasteiger partial charge >= 0.3 is 0 Å². The summed E-state index contributed by atoms with van der Waals surface area (Å²) in [5, 5.41) is 16.3. The first-order valence-corrected chi connectivity index (χ1v) is 13.2. The summed E-state index contributed by atoms with van der Waals surface area (Å²) in [5.41, 5.74) is 10.5. The molecule has 2 atom stereocenters. The second-order valence-corrected chi connectivity index (χ2v) is 9.62. The molecular weight excluding hydrogens is 530 g/mol. The van der Waals surface area contributed by atoms with Gasteiger partial charge in [-0.15, -0.1) is 6.58 Å². The van der Waals surface area contributed by atoms with E-state index in [-0.39, 0.29) is 32.0 Å².